The number of benzene rings is 2. The Bertz CT molecular complexity index is 1530. The average Bonchev–Trinajstić information content (AvgIpc) is 3.44. The summed E-state index contributed by atoms with van der Waals surface area (Å²) >= 11 is 0. The summed E-state index contributed by atoms with van der Waals surface area (Å²) in [7, 11) is -3.95. The number of amidine groups is 1. The number of rotatable bonds is 7. The van der Waals surface area contributed by atoms with E-state index in [2.05, 4.69) is 15.1 Å². The number of nitrogens with one attached hydrogen (secondary N) is 2. The Kier molecular flexibility index (Phi) is 6.82. The molecule has 0 amide bonds. The number of carbonyl (C=O) groups is 2. The molecule has 4 atom stereocenters. The van der Waals surface area contributed by atoms with Gasteiger partial charge in [-0.05, 0) is 35.0 Å². The van der Waals surface area contributed by atoms with Gasteiger partial charge in [-0.15, -0.1) is 0 Å². The Balaban J connectivity index is 1.44. The van der Waals surface area contributed by atoms with Crippen molar-refractivity contribution in [3.63, 3.8) is 0 Å². The van der Waals surface area contributed by atoms with Crippen molar-refractivity contribution in [1.29, 1.82) is 0 Å². The third kappa shape index (κ3) is 4.95. The summed E-state index contributed by atoms with van der Waals surface area (Å²) in [6, 6.07) is 15.7. The maximum absolute atomic E-state index is 13.2. The van der Waals surface area contributed by atoms with Crippen molar-refractivity contribution in [2.45, 2.75) is 43.2 Å². The Morgan fingerprint density at radius 2 is 1.79 bits per heavy atom. The van der Waals surface area contributed by atoms with Gasteiger partial charge in [0.15, 0.2) is 12.2 Å². The van der Waals surface area contributed by atoms with Crippen LogP contribution >= 0.6 is 0 Å². The SMILES string of the molecule is CC(=O)O[C@@H]1[C@H](OC(C)=O)[C@@H](CNS(=O)(=O)c2ccc3ccccc3c2)O[C@H]1c1ccc2n1NCN=C2N. The van der Waals surface area contributed by atoms with E-state index in [0.717, 1.165) is 10.8 Å². The molecule has 1 fully saturated rings. The van der Waals surface area contributed by atoms with Gasteiger partial charge in [-0.3, -0.25) is 14.3 Å². The maximum Gasteiger partial charge on any atom is 0.303 e. The van der Waals surface area contributed by atoms with E-state index in [1.807, 2.05) is 24.3 Å². The van der Waals surface area contributed by atoms with Gasteiger partial charge in [-0.25, -0.2) is 18.1 Å². The van der Waals surface area contributed by atoms with Crippen LogP contribution in [-0.4, -0.2) is 62.4 Å². The van der Waals surface area contributed by atoms with Crippen LogP contribution in [0.15, 0.2) is 64.5 Å². The highest BCUT2D eigenvalue weighted by Crippen LogP contribution is 2.38. The first-order chi connectivity index (χ1) is 18.1. The summed E-state index contributed by atoms with van der Waals surface area (Å²) in [6.07, 6.45) is -4.00. The van der Waals surface area contributed by atoms with E-state index in [9.17, 15) is 18.0 Å². The molecule has 3 heterocycles. The number of aromatic nitrogens is 1. The molecule has 0 saturated carbocycles. The highest BCUT2D eigenvalue weighted by molar-refractivity contribution is 7.89. The van der Waals surface area contributed by atoms with E-state index in [4.69, 9.17) is 19.9 Å². The molecule has 3 aromatic rings. The van der Waals surface area contributed by atoms with Crippen molar-refractivity contribution in [3.8, 4) is 0 Å². The summed E-state index contributed by atoms with van der Waals surface area (Å²) < 4.78 is 47.8. The first kappa shape index (κ1) is 25.7. The van der Waals surface area contributed by atoms with Crippen molar-refractivity contribution in [2.75, 3.05) is 18.6 Å². The monoisotopic (exact) mass is 541 g/mol. The van der Waals surface area contributed by atoms with Crippen LogP contribution in [0.25, 0.3) is 10.8 Å². The van der Waals surface area contributed by atoms with E-state index < -0.39 is 46.4 Å². The minimum atomic E-state index is -3.95. The van der Waals surface area contributed by atoms with Gasteiger partial charge in [0.05, 0.1) is 10.6 Å². The minimum absolute atomic E-state index is 0.0749. The zero-order chi connectivity index (χ0) is 27.0. The Morgan fingerprint density at radius 3 is 2.53 bits per heavy atom. The molecule has 12 nitrogen and oxygen atoms in total. The Morgan fingerprint density at radius 1 is 1.08 bits per heavy atom. The van der Waals surface area contributed by atoms with Crippen molar-refractivity contribution < 1.29 is 32.2 Å². The van der Waals surface area contributed by atoms with Crippen LogP contribution < -0.4 is 15.9 Å². The van der Waals surface area contributed by atoms with Gasteiger partial charge in [-0.1, -0.05) is 30.3 Å². The molecule has 4 N–H and O–H groups in total. The smallest absolute Gasteiger partial charge is 0.303 e. The summed E-state index contributed by atoms with van der Waals surface area (Å²) in [5, 5.41) is 1.68. The Labute approximate surface area is 218 Å². The van der Waals surface area contributed by atoms with Crippen LogP contribution in [0.5, 0.6) is 0 Å². The van der Waals surface area contributed by atoms with Gasteiger partial charge in [0.1, 0.15) is 30.4 Å². The second kappa shape index (κ2) is 10.1. The van der Waals surface area contributed by atoms with Crippen LogP contribution in [0, 0.1) is 0 Å². The van der Waals surface area contributed by atoms with Gasteiger partial charge in [0, 0.05) is 20.4 Å². The minimum Gasteiger partial charge on any atom is -0.456 e. The van der Waals surface area contributed by atoms with Crippen molar-refractivity contribution in [3.05, 3.63) is 66.0 Å². The number of nitrogens with two attached hydrogens (primary N) is 1. The largest absolute Gasteiger partial charge is 0.456 e. The summed E-state index contributed by atoms with van der Waals surface area (Å²) in [5.74, 6) is -0.934. The topological polar surface area (TPSA) is 163 Å². The lowest BCUT2D eigenvalue weighted by Gasteiger charge is -2.25. The number of aliphatic imine (C=N–C) groups is 1. The molecule has 13 heteroatoms. The van der Waals surface area contributed by atoms with E-state index in [1.54, 1.807) is 28.9 Å². The molecule has 0 unspecified atom stereocenters. The normalized spacial score (nSPS) is 22.8. The highest BCUT2D eigenvalue weighted by Gasteiger charge is 2.51. The number of fused-ring (bicyclic) bond motifs is 2. The molecule has 5 rings (SSSR count). The number of ether oxygens (including phenoxy) is 3. The molecule has 0 radical (unpaired) electrons. The zero-order valence-electron chi connectivity index (χ0n) is 20.7. The number of nitrogens with zero attached hydrogens (tertiary/aromatic N) is 2. The van der Waals surface area contributed by atoms with Crippen molar-refractivity contribution in [2.24, 2.45) is 10.7 Å². The maximum atomic E-state index is 13.2. The van der Waals surface area contributed by atoms with Gasteiger partial charge in [0.25, 0.3) is 0 Å². The van der Waals surface area contributed by atoms with Gasteiger partial charge in [0.2, 0.25) is 10.0 Å². The number of hydrogen-bond donors (Lipinski definition) is 3. The second-order valence-electron chi connectivity index (χ2n) is 8.94. The Hall–Kier alpha value is -3.94. The fourth-order valence-electron chi connectivity index (χ4n) is 4.72. The zero-order valence-corrected chi connectivity index (χ0v) is 21.5. The van der Waals surface area contributed by atoms with Gasteiger partial charge >= 0.3 is 11.9 Å². The van der Waals surface area contributed by atoms with E-state index in [1.165, 1.54) is 19.9 Å². The van der Waals surface area contributed by atoms with Crippen LogP contribution in [0.2, 0.25) is 0 Å². The summed E-state index contributed by atoms with van der Waals surface area (Å²) in [4.78, 5) is 28.2. The molecule has 2 aliphatic rings. The van der Waals surface area contributed by atoms with E-state index >= 15 is 0 Å². The number of hydrogen-bond acceptors (Lipinski definition) is 10. The first-order valence-corrected chi connectivity index (χ1v) is 13.4. The van der Waals surface area contributed by atoms with Crippen molar-refractivity contribution in [1.82, 2.24) is 9.40 Å². The van der Waals surface area contributed by atoms with Gasteiger partial charge in [-0.2, -0.15) is 0 Å². The summed E-state index contributed by atoms with van der Waals surface area (Å²) in [5.41, 5.74) is 10.2. The highest BCUT2D eigenvalue weighted by atomic mass is 32.2. The van der Waals surface area contributed by atoms with Crippen LogP contribution in [-0.2, 0) is 33.8 Å². The molecule has 200 valence electrons. The molecule has 0 aliphatic carbocycles. The third-order valence-corrected chi connectivity index (χ3v) is 7.78. The second-order valence-corrected chi connectivity index (χ2v) is 10.7. The first-order valence-electron chi connectivity index (χ1n) is 11.9. The van der Waals surface area contributed by atoms with Gasteiger partial charge < -0.3 is 25.4 Å². The predicted molar refractivity (Wildman–Crippen MR) is 137 cm³/mol. The lowest BCUT2D eigenvalue weighted by atomic mass is 10.0. The molecule has 0 spiro atoms. The number of esters is 2. The lowest BCUT2D eigenvalue weighted by Crippen LogP contribution is -2.43. The quantitative estimate of drug-likeness (QED) is 0.372. The number of sulfonamides is 1. The molecular formula is C25H27N5O7S. The molecular weight excluding hydrogens is 514 g/mol. The standard InChI is InChI=1S/C25H27N5O7S/c1-14(31)35-23-21(12-29-38(33,34)18-8-7-16-5-3-4-6-17(16)11-18)37-22(24(23)36-15(2)32)19-9-10-20-25(26)27-13-28-30(19)20/h3-11,21-24,28-29H,12-13H2,1-2H3,(H2,26,27)/t21-,22+,23-,24+/m1/s1. The van der Waals surface area contributed by atoms with Crippen LogP contribution in [0.3, 0.4) is 0 Å². The van der Waals surface area contributed by atoms with E-state index in [-0.39, 0.29) is 18.1 Å². The van der Waals surface area contributed by atoms with Crippen molar-refractivity contribution >= 4 is 38.6 Å². The molecule has 0 bridgehead atoms. The molecule has 1 saturated heterocycles. The predicted octanol–water partition coefficient (Wildman–Crippen LogP) is 1.14. The summed E-state index contributed by atoms with van der Waals surface area (Å²) in [6.45, 7) is 2.42. The molecule has 38 heavy (non-hydrogen) atoms. The molecule has 2 aliphatic heterocycles. The average molecular weight is 542 g/mol. The van der Waals surface area contributed by atoms with Crippen LogP contribution in [0.1, 0.15) is 31.3 Å². The molecule has 2 aromatic carbocycles. The molecule has 1 aromatic heterocycles. The van der Waals surface area contributed by atoms with E-state index in [0.29, 0.717) is 17.2 Å². The van der Waals surface area contributed by atoms with Crippen LogP contribution in [0.4, 0.5) is 0 Å². The number of carbonyl (C=O) groups excluding carboxylic acids is 2. The fourth-order valence-corrected chi connectivity index (χ4v) is 5.80. The third-order valence-electron chi connectivity index (χ3n) is 6.36. The lowest BCUT2D eigenvalue weighted by molar-refractivity contribution is -0.164. The fraction of sp³-hybridized carbons (Fsp3) is 0.320.